The Labute approximate surface area is 110 Å². The molecule has 1 amide bonds. The SMILES string of the molecule is NC(=NO)c1c(F)cccc1NC(=O)c1cnns1. The van der Waals surface area contributed by atoms with Gasteiger partial charge in [0.2, 0.25) is 0 Å². The van der Waals surface area contributed by atoms with Crippen LogP contribution >= 0.6 is 11.5 Å². The smallest absolute Gasteiger partial charge is 0.269 e. The van der Waals surface area contributed by atoms with Gasteiger partial charge >= 0.3 is 0 Å². The predicted octanol–water partition coefficient (Wildman–Crippen LogP) is 1.02. The van der Waals surface area contributed by atoms with Gasteiger partial charge < -0.3 is 16.3 Å². The van der Waals surface area contributed by atoms with E-state index in [-0.39, 0.29) is 16.1 Å². The van der Waals surface area contributed by atoms with Crippen molar-refractivity contribution in [3.63, 3.8) is 0 Å². The quantitative estimate of drug-likeness (QED) is 0.336. The summed E-state index contributed by atoms with van der Waals surface area (Å²) in [7, 11) is 0. The Bertz CT molecular complexity index is 629. The summed E-state index contributed by atoms with van der Waals surface area (Å²) in [4.78, 5) is 12.1. The summed E-state index contributed by atoms with van der Waals surface area (Å²) in [5.41, 5.74) is 5.28. The molecule has 1 aromatic carbocycles. The molecule has 0 radical (unpaired) electrons. The molecule has 4 N–H and O–H groups in total. The maximum atomic E-state index is 13.6. The third-order valence-electron chi connectivity index (χ3n) is 2.21. The van der Waals surface area contributed by atoms with E-state index >= 15 is 0 Å². The van der Waals surface area contributed by atoms with Gasteiger partial charge in [0.1, 0.15) is 10.7 Å². The number of anilines is 1. The summed E-state index contributed by atoms with van der Waals surface area (Å²) in [5.74, 6) is -1.65. The summed E-state index contributed by atoms with van der Waals surface area (Å²) >= 11 is 0.897. The second kappa shape index (κ2) is 5.40. The molecule has 0 atom stereocenters. The lowest BCUT2D eigenvalue weighted by molar-refractivity contribution is 0.103. The fourth-order valence-electron chi connectivity index (χ4n) is 1.39. The number of rotatable bonds is 3. The number of amidine groups is 1. The fraction of sp³-hybridized carbons (Fsp3) is 0. The molecule has 1 heterocycles. The molecule has 2 aromatic rings. The molecule has 0 aliphatic heterocycles. The van der Waals surface area contributed by atoms with Gasteiger partial charge in [-0.1, -0.05) is 15.7 Å². The standard InChI is InChI=1S/C10H8FN5O2S/c11-5-2-1-3-6(8(5)9(12)15-18)14-10(17)7-4-13-16-19-7/h1-4,18H,(H2,12,15)(H,14,17). The zero-order valence-corrected chi connectivity index (χ0v) is 10.2. The van der Waals surface area contributed by atoms with E-state index in [2.05, 4.69) is 20.1 Å². The van der Waals surface area contributed by atoms with Gasteiger partial charge in [-0.05, 0) is 23.7 Å². The molecule has 0 saturated heterocycles. The van der Waals surface area contributed by atoms with Crippen molar-refractivity contribution in [2.45, 2.75) is 0 Å². The second-order valence-electron chi connectivity index (χ2n) is 3.38. The van der Waals surface area contributed by atoms with Gasteiger partial charge in [-0.2, -0.15) is 0 Å². The topological polar surface area (TPSA) is 113 Å². The van der Waals surface area contributed by atoms with Crippen molar-refractivity contribution in [1.82, 2.24) is 9.59 Å². The van der Waals surface area contributed by atoms with Gasteiger partial charge in [0.25, 0.3) is 5.91 Å². The van der Waals surface area contributed by atoms with Crippen LogP contribution < -0.4 is 11.1 Å². The number of oxime groups is 1. The number of carbonyl (C=O) groups is 1. The Hall–Kier alpha value is -2.55. The van der Waals surface area contributed by atoms with Crippen LogP contribution in [0.15, 0.2) is 29.6 Å². The highest BCUT2D eigenvalue weighted by Gasteiger charge is 2.16. The number of aromatic nitrogens is 2. The maximum Gasteiger partial charge on any atom is 0.269 e. The summed E-state index contributed by atoms with van der Waals surface area (Å²) in [6.45, 7) is 0. The Balaban J connectivity index is 2.36. The van der Waals surface area contributed by atoms with Gasteiger partial charge in [-0.15, -0.1) is 5.10 Å². The number of amides is 1. The van der Waals surface area contributed by atoms with Crippen LogP contribution in [0.3, 0.4) is 0 Å². The van der Waals surface area contributed by atoms with Gasteiger partial charge in [0.15, 0.2) is 5.84 Å². The van der Waals surface area contributed by atoms with Crippen molar-refractivity contribution in [2.24, 2.45) is 10.9 Å². The summed E-state index contributed by atoms with van der Waals surface area (Å²) in [6, 6.07) is 3.96. The van der Waals surface area contributed by atoms with Crippen LogP contribution in [0.4, 0.5) is 10.1 Å². The van der Waals surface area contributed by atoms with E-state index in [4.69, 9.17) is 10.9 Å². The van der Waals surface area contributed by atoms with Crippen molar-refractivity contribution in [1.29, 1.82) is 0 Å². The lowest BCUT2D eigenvalue weighted by Gasteiger charge is -2.09. The van der Waals surface area contributed by atoms with Crippen LogP contribution in [-0.2, 0) is 0 Å². The number of hydrogen-bond acceptors (Lipinski definition) is 6. The molecule has 0 fully saturated rings. The Morgan fingerprint density at radius 2 is 2.32 bits per heavy atom. The third-order valence-corrected chi connectivity index (χ3v) is 2.87. The lowest BCUT2D eigenvalue weighted by atomic mass is 10.1. The highest BCUT2D eigenvalue weighted by atomic mass is 32.1. The first-order valence-corrected chi connectivity index (χ1v) is 5.76. The van der Waals surface area contributed by atoms with Crippen molar-refractivity contribution in [3.05, 3.63) is 40.7 Å². The molecular weight excluding hydrogens is 273 g/mol. The first-order chi connectivity index (χ1) is 9.13. The van der Waals surface area contributed by atoms with Gasteiger partial charge in [0, 0.05) is 0 Å². The van der Waals surface area contributed by atoms with Crippen LogP contribution in [0.1, 0.15) is 15.2 Å². The predicted molar refractivity (Wildman–Crippen MR) is 66.8 cm³/mol. The molecule has 19 heavy (non-hydrogen) atoms. The first kappa shape index (κ1) is 12.9. The highest BCUT2D eigenvalue weighted by Crippen LogP contribution is 2.20. The van der Waals surface area contributed by atoms with Crippen molar-refractivity contribution >= 4 is 29.0 Å². The minimum absolute atomic E-state index is 0.0914. The van der Waals surface area contributed by atoms with Crippen molar-refractivity contribution in [2.75, 3.05) is 5.32 Å². The number of nitrogens with zero attached hydrogens (tertiary/aromatic N) is 3. The fourth-order valence-corrected chi connectivity index (χ4v) is 1.80. The third kappa shape index (κ3) is 2.65. The molecule has 0 aliphatic rings. The molecule has 98 valence electrons. The molecule has 2 rings (SSSR count). The number of nitrogens with one attached hydrogen (secondary N) is 1. The largest absolute Gasteiger partial charge is 0.409 e. The van der Waals surface area contributed by atoms with Crippen LogP contribution in [0.5, 0.6) is 0 Å². The van der Waals surface area contributed by atoms with Gasteiger partial charge in [-0.25, -0.2) is 4.39 Å². The molecule has 0 spiro atoms. The van der Waals surface area contributed by atoms with Crippen molar-refractivity contribution < 1.29 is 14.4 Å². The number of nitrogens with two attached hydrogens (primary N) is 1. The monoisotopic (exact) mass is 281 g/mol. The molecule has 1 aromatic heterocycles. The Kier molecular flexibility index (Phi) is 3.66. The molecule has 0 saturated carbocycles. The highest BCUT2D eigenvalue weighted by molar-refractivity contribution is 7.07. The van der Waals surface area contributed by atoms with E-state index in [9.17, 15) is 9.18 Å². The Morgan fingerprint density at radius 3 is 2.95 bits per heavy atom. The van der Waals surface area contributed by atoms with Gasteiger partial charge in [0.05, 0.1) is 17.4 Å². The summed E-state index contributed by atoms with van der Waals surface area (Å²) in [5, 5.41) is 17.3. The number of carbonyl (C=O) groups excluding carboxylic acids is 1. The van der Waals surface area contributed by atoms with Crippen LogP contribution in [0.2, 0.25) is 0 Å². The van der Waals surface area contributed by atoms with Gasteiger partial charge in [-0.3, -0.25) is 4.79 Å². The average Bonchev–Trinajstić information content (AvgIpc) is 2.92. The minimum Gasteiger partial charge on any atom is -0.409 e. The van der Waals surface area contributed by atoms with E-state index in [0.717, 1.165) is 17.6 Å². The van der Waals surface area contributed by atoms with Crippen LogP contribution in [-0.4, -0.2) is 26.5 Å². The molecular formula is C10H8FN5O2S. The Morgan fingerprint density at radius 1 is 1.53 bits per heavy atom. The number of benzene rings is 1. The van der Waals surface area contributed by atoms with E-state index in [1.54, 1.807) is 0 Å². The van der Waals surface area contributed by atoms with Crippen molar-refractivity contribution in [3.8, 4) is 0 Å². The summed E-state index contributed by atoms with van der Waals surface area (Å²) < 4.78 is 17.2. The molecule has 9 heteroatoms. The second-order valence-corrected chi connectivity index (χ2v) is 4.17. The first-order valence-electron chi connectivity index (χ1n) is 4.98. The van der Waals surface area contributed by atoms with Crippen LogP contribution in [0, 0.1) is 5.82 Å². The minimum atomic E-state index is -0.712. The molecule has 0 bridgehead atoms. The van der Waals surface area contributed by atoms with E-state index < -0.39 is 17.6 Å². The molecule has 0 unspecified atom stereocenters. The zero-order chi connectivity index (χ0) is 13.8. The average molecular weight is 281 g/mol. The zero-order valence-electron chi connectivity index (χ0n) is 9.37. The summed E-state index contributed by atoms with van der Waals surface area (Å²) in [6.07, 6.45) is 1.28. The maximum absolute atomic E-state index is 13.6. The molecule has 7 nitrogen and oxygen atoms in total. The van der Waals surface area contributed by atoms with E-state index in [1.807, 2.05) is 0 Å². The lowest BCUT2D eigenvalue weighted by Crippen LogP contribution is -2.20. The molecule has 0 aliphatic carbocycles. The van der Waals surface area contributed by atoms with Crippen LogP contribution in [0.25, 0.3) is 0 Å². The van der Waals surface area contributed by atoms with E-state index in [0.29, 0.717) is 0 Å². The number of hydrogen-bond donors (Lipinski definition) is 3. The van der Waals surface area contributed by atoms with E-state index in [1.165, 1.54) is 18.3 Å². The number of halogens is 1. The normalized spacial score (nSPS) is 11.3.